The maximum absolute atomic E-state index is 6.23. The molecule has 94 valence electrons. The van der Waals surface area contributed by atoms with Crippen molar-refractivity contribution in [2.75, 3.05) is 19.6 Å². The highest BCUT2D eigenvalue weighted by Crippen LogP contribution is 2.33. The Kier molecular flexibility index (Phi) is 2.33. The summed E-state index contributed by atoms with van der Waals surface area (Å²) in [7, 11) is 0. The van der Waals surface area contributed by atoms with E-state index in [0.717, 1.165) is 29.2 Å². The van der Waals surface area contributed by atoms with Gasteiger partial charge in [0.2, 0.25) is 0 Å². The van der Waals surface area contributed by atoms with Crippen LogP contribution in [-0.2, 0) is 0 Å². The quantitative estimate of drug-likeness (QED) is 0.811. The number of ether oxygens (including phenoxy) is 1. The molecular weight excluding hydrogens is 226 g/mol. The molecule has 2 aromatic rings. The van der Waals surface area contributed by atoms with Crippen LogP contribution in [0.3, 0.4) is 0 Å². The van der Waals surface area contributed by atoms with E-state index in [1.165, 1.54) is 25.9 Å². The minimum atomic E-state index is 0.336. The third-order valence-corrected chi connectivity index (χ3v) is 4.32. The molecule has 0 spiro atoms. The first-order chi connectivity index (χ1) is 8.90. The molecule has 3 aliphatic heterocycles. The summed E-state index contributed by atoms with van der Waals surface area (Å²) in [5.74, 6) is 1.62. The summed E-state index contributed by atoms with van der Waals surface area (Å²) in [4.78, 5) is 2.51. The van der Waals surface area contributed by atoms with E-state index < -0.39 is 0 Å². The number of hydrogen-bond acceptors (Lipinski definition) is 3. The molecule has 0 aliphatic carbocycles. The number of hydrogen-bond donors (Lipinski definition) is 0. The SMILES string of the molecule is c1cc(OC2CN3CCC2CC3)c2occc2c1. The zero-order valence-electron chi connectivity index (χ0n) is 10.3. The number of nitrogens with zero attached hydrogens (tertiary/aromatic N) is 1. The van der Waals surface area contributed by atoms with E-state index in [4.69, 9.17) is 9.15 Å². The number of benzene rings is 1. The van der Waals surface area contributed by atoms with Gasteiger partial charge in [0, 0.05) is 11.9 Å². The van der Waals surface area contributed by atoms with Crippen LogP contribution in [0, 0.1) is 5.92 Å². The molecule has 0 saturated carbocycles. The molecule has 18 heavy (non-hydrogen) atoms. The van der Waals surface area contributed by atoms with Gasteiger partial charge in [-0.05, 0) is 44.0 Å². The molecule has 3 fully saturated rings. The highest BCUT2D eigenvalue weighted by atomic mass is 16.5. The molecule has 0 amide bonds. The second kappa shape index (κ2) is 4.02. The van der Waals surface area contributed by atoms with E-state index in [1.807, 2.05) is 18.2 Å². The predicted octanol–water partition coefficient (Wildman–Crippen LogP) is 2.91. The largest absolute Gasteiger partial charge is 0.485 e. The Labute approximate surface area is 106 Å². The summed E-state index contributed by atoms with van der Waals surface area (Å²) in [6, 6.07) is 8.10. The van der Waals surface area contributed by atoms with E-state index in [9.17, 15) is 0 Å². The number of fused-ring (bicyclic) bond motifs is 4. The van der Waals surface area contributed by atoms with E-state index in [0.29, 0.717) is 6.10 Å². The third-order valence-electron chi connectivity index (χ3n) is 4.32. The second-order valence-electron chi connectivity index (χ2n) is 5.39. The fourth-order valence-corrected chi connectivity index (χ4v) is 3.27. The molecule has 5 rings (SSSR count). The lowest BCUT2D eigenvalue weighted by molar-refractivity contribution is -0.00744. The summed E-state index contributed by atoms with van der Waals surface area (Å²) >= 11 is 0. The Bertz CT molecular complexity index is 554. The predicted molar refractivity (Wildman–Crippen MR) is 69.8 cm³/mol. The fourth-order valence-electron chi connectivity index (χ4n) is 3.27. The van der Waals surface area contributed by atoms with E-state index >= 15 is 0 Å². The summed E-state index contributed by atoms with van der Waals surface area (Å²) in [5.41, 5.74) is 0.883. The van der Waals surface area contributed by atoms with Gasteiger partial charge in [-0.15, -0.1) is 0 Å². The number of piperidine rings is 3. The molecule has 3 nitrogen and oxygen atoms in total. The molecule has 3 aliphatic rings. The smallest absolute Gasteiger partial charge is 0.175 e. The van der Waals surface area contributed by atoms with Crippen LogP contribution in [0.4, 0.5) is 0 Å². The summed E-state index contributed by atoms with van der Waals surface area (Å²) in [5, 5.41) is 1.12. The molecule has 3 heteroatoms. The van der Waals surface area contributed by atoms with Crippen molar-refractivity contribution in [2.24, 2.45) is 5.92 Å². The van der Waals surface area contributed by atoms with E-state index in [2.05, 4.69) is 11.0 Å². The molecule has 1 atom stereocenters. The maximum atomic E-state index is 6.23. The minimum Gasteiger partial charge on any atom is -0.485 e. The maximum Gasteiger partial charge on any atom is 0.175 e. The Hall–Kier alpha value is -1.48. The standard InChI is InChI=1S/C15H17NO2/c1-2-12-6-9-17-15(12)13(3-1)18-14-10-16-7-4-11(14)5-8-16/h1-3,6,9,11,14H,4-5,7-8,10H2. The van der Waals surface area contributed by atoms with Gasteiger partial charge in [0.25, 0.3) is 0 Å². The van der Waals surface area contributed by atoms with Crippen LogP contribution in [0.2, 0.25) is 0 Å². The zero-order chi connectivity index (χ0) is 11.9. The van der Waals surface area contributed by atoms with E-state index in [1.54, 1.807) is 6.26 Å². The normalized spacial score (nSPS) is 30.8. The van der Waals surface area contributed by atoms with Crippen molar-refractivity contribution >= 4 is 11.0 Å². The van der Waals surface area contributed by atoms with Gasteiger partial charge in [-0.25, -0.2) is 0 Å². The van der Waals surface area contributed by atoms with Gasteiger partial charge in [0.15, 0.2) is 11.3 Å². The van der Waals surface area contributed by atoms with Gasteiger partial charge in [-0.3, -0.25) is 4.90 Å². The molecular formula is C15H17NO2. The van der Waals surface area contributed by atoms with Crippen molar-refractivity contribution < 1.29 is 9.15 Å². The van der Waals surface area contributed by atoms with Crippen LogP contribution < -0.4 is 4.74 Å². The monoisotopic (exact) mass is 243 g/mol. The summed E-state index contributed by atoms with van der Waals surface area (Å²) in [6.07, 6.45) is 4.62. The van der Waals surface area contributed by atoms with Gasteiger partial charge in [0.1, 0.15) is 6.10 Å². The Morgan fingerprint density at radius 2 is 2.06 bits per heavy atom. The third kappa shape index (κ3) is 1.62. The van der Waals surface area contributed by atoms with Crippen LogP contribution in [-0.4, -0.2) is 30.6 Å². The topological polar surface area (TPSA) is 25.6 Å². The Morgan fingerprint density at radius 3 is 2.83 bits per heavy atom. The van der Waals surface area contributed by atoms with Crippen LogP contribution in [0.1, 0.15) is 12.8 Å². The van der Waals surface area contributed by atoms with Crippen molar-refractivity contribution in [1.82, 2.24) is 4.90 Å². The molecule has 0 radical (unpaired) electrons. The molecule has 4 heterocycles. The van der Waals surface area contributed by atoms with Crippen molar-refractivity contribution in [3.8, 4) is 5.75 Å². The highest BCUT2D eigenvalue weighted by molar-refractivity contribution is 5.82. The van der Waals surface area contributed by atoms with Crippen LogP contribution in [0.15, 0.2) is 34.9 Å². The van der Waals surface area contributed by atoms with Crippen molar-refractivity contribution in [1.29, 1.82) is 0 Å². The average molecular weight is 243 g/mol. The van der Waals surface area contributed by atoms with Crippen LogP contribution in [0.5, 0.6) is 5.75 Å². The summed E-state index contributed by atoms with van der Waals surface area (Å²) < 4.78 is 11.8. The molecule has 1 aromatic carbocycles. The second-order valence-corrected chi connectivity index (χ2v) is 5.39. The van der Waals surface area contributed by atoms with Gasteiger partial charge in [0.05, 0.1) is 6.26 Å². The van der Waals surface area contributed by atoms with Gasteiger partial charge in [-0.2, -0.15) is 0 Å². The molecule has 1 aromatic heterocycles. The molecule has 2 bridgehead atoms. The van der Waals surface area contributed by atoms with Gasteiger partial charge >= 0.3 is 0 Å². The minimum absolute atomic E-state index is 0.336. The summed E-state index contributed by atoms with van der Waals surface area (Å²) in [6.45, 7) is 3.56. The Balaban J connectivity index is 1.62. The first-order valence-electron chi connectivity index (χ1n) is 6.75. The molecule has 0 N–H and O–H groups in total. The van der Waals surface area contributed by atoms with Gasteiger partial charge < -0.3 is 9.15 Å². The van der Waals surface area contributed by atoms with E-state index in [-0.39, 0.29) is 0 Å². The number of para-hydroxylation sites is 1. The number of furan rings is 1. The van der Waals surface area contributed by atoms with Crippen molar-refractivity contribution in [2.45, 2.75) is 18.9 Å². The first kappa shape index (κ1) is 10.4. The lowest BCUT2D eigenvalue weighted by atomic mass is 9.86. The van der Waals surface area contributed by atoms with Gasteiger partial charge in [-0.1, -0.05) is 12.1 Å². The molecule has 3 saturated heterocycles. The van der Waals surface area contributed by atoms with Crippen molar-refractivity contribution in [3.05, 3.63) is 30.5 Å². The highest BCUT2D eigenvalue weighted by Gasteiger charge is 2.35. The average Bonchev–Trinajstić information content (AvgIpc) is 2.90. The first-order valence-corrected chi connectivity index (χ1v) is 6.75. The number of rotatable bonds is 2. The van der Waals surface area contributed by atoms with Crippen LogP contribution in [0.25, 0.3) is 11.0 Å². The Morgan fingerprint density at radius 1 is 1.17 bits per heavy atom. The zero-order valence-corrected chi connectivity index (χ0v) is 10.3. The lowest BCUT2D eigenvalue weighted by Gasteiger charge is -2.44. The molecule has 1 unspecified atom stereocenters. The lowest BCUT2D eigenvalue weighted by Crippen LogP contribution is -2.52. The van der Waals surface area contributed by atoms with Crippen molar-refractivity contribution in [3.63, 3.8) is 0 Å². The van der Waals surface area contributed by atoms with Crippen LogP contribution >= 0.6 is 0 Å². The fraction of sp³-hybridized carbons (Fsp3) is 0.467.